The minimum Gasteiger partial charge on any atom is -0.497 e. The number of benzene rings is 1. The number of ether oxygens (including phenoxy) is 1. The lowest BCUT2D eigenvalue weighted by Crippen LogP contribution is -2.22. The van der Waals surface area contributed by atoms with E-state index < -0.39 is 0 Å². The summed E-state index contributed by atoms with van der Waals surface area (Å²) in [6.07, 6.45) is 2.92. The largest absolute Gasteiger partial charge is 0.497 e. The molecule has 0 atom stereocenters. The first-order valence-corrected chi connectivity index (χ1v) is 7.09. The Hall–Kier alpha value is -1.81. The number of nitrogens with one attached hydrogen (secondary N) is 1. The molecule has 1 N–H and O–H groups in total. The molecular formula is C16H23N3O. The van der Waals surface area contributed by atoms with Crippen LogP contribution in [0.25, 0.3) is 5.69 Å². The topological polar surface area (TPSA) is 39.1 Å². The number of methoxy groups -OCH3 is 1. The van der Waals surface area contributed by atoms with E-state index in [1.165, 1.54) is 11.3 Å². The van der Waals surface area contributed by atoms with Crippen molar-refractivity contribution in [1.82, 2.24) is 15.1 Å². The highest BCUT2D eigenvalue weighted by Crippen LogP contribution is 2.18. The summed E-state index contributed by atoms with van der Waals surface area (Å²) in [5.41, 5.74) is 3.58. The standard InChI is InChI=1S/C16H23N3O/c1-5-16-13(10-17-12(2)3)11-18-19(16)14-6-8-15(20-4)9-7-14/h6-9,11-12,17H,5,10H2,1-4H3. The van der Waals surface area contributed by atoms with Crippen LogP contribution in [0, 0.1) is 0 Å². The average Bonchev–Trinajstić information content (AvgIpc) is 2.88. The van der Waals surface area contributed by atoms with Crippen molar-refractivity contribution in [2.45, 2.75) is 39.8 Å². The highest BCUT2D eigenvalue weighted by Gasteiger charge is 2.10. The van der Waals surface area contributed by atoms with Gasteiger partial charge in [-0.05, 0) is 30.7 Å². The Labute approximate surface area is 120 Å². The lowest BCUT2D eigenvalue weighted by Gasteiger charge is -2.10. The average molecular weight is 273 g/mol. The van der Waals surface area contributed by atoms with Crippen molar-refractivity contribution in [3.8, 4) is 11.4 Å². The smallest absolute Gasteiger partial charge is 0.119 e. The lowest BCUT2D eigenvalue weighted by molar-refractivity contribution is 0.414. The summed E-state index contributed by atoms with van der Waals surface area (Å²) in [5.74, 6) is 0.862. The molecule has 0 radical (unpaired) electrons. The van der Waals surface area contributed by atoms with Crippen molar-refractivity contribution < 1.29 is 4.74 Å². The number of nitrogens with zero attached hydrogens (tertiary/aromatic N) is 2. The van der Waals surface area contributed by atoms with Gasteiger partial charge in [-0.15, -0.1) is 0 Å². The summed E-state index contributed by atoms with van der Waals surface area (Å²) in [6.45, 7) is 7.33. The quantitative estimate of drug-likeness (QED) is 0.879. The van der Waals surface area contributed by atoms with Gasteiger partial charge in [-0.25, -0.2) is 4.68 Å². The van der Waals surface area contributed by atoms with Crippen LogP contribution < -0.4 is 10.1 Å². The summed E-state index contributed by atoms with van der Waals surface area (Å²) >= 11 is 0. The van der Waals surface area contributed by atoms with Crippen LogP contribution in [0.5, 0.6) is 5.75 Å². The number of hydrogen-bond acceptors (Lipinski definition) is 3. The van der Waals surface area contributed by atoms with Gasteiger partial charge in [0.25, 0.3) is 0 Å². The zero-order chi connectivity index (χ0) is 14.5. The highest BCUT2D eigenvalue weighted by atomic mass is 16.5. The van der Waals surface area contributed by atoms with E-state index in [0.717, 1.165) is 24.4 Å². The van der Waals surface area contributed by atoms with Gasteiger partial charge in [0, 0.05) is 23.8 Å². The molecule has 0 unspecified atom stereocenters. The lowest BCUT2D eigenvalue weighted by atomic mass is 10.2. The van der Waals surface area contributed by atoms with Crippen LogP contribution >= 0.6 is 0 Å². The molecule has 4 heteroatoms. The van der Waals surface area contributed by atoms with Crippen LogP contribution in [0.2, 0.25) is 0 Å². The monoisotopic (exact) mass is 273 g/mol. The molecule has 0 amide bonds. The van der Waals surface area contributed by atoms with Crippen molar-refractivity contribution in [3.05, 3.63) is 41.7 Å². The van der Waals surface area contributed by atoms with Gasteiger partial charge in [0.05, 0.1) is 19.0 Å². The normalized spacial score (nSPS) is 11.1. The SMILES string of the molecule is CCc1c(CNC(C)C)cnn1-c1ccc(OC)cc1. The van der Waals surface area contributed by atoms with E-state index >= 15 is 0 Å². The molecule has 0 aliphatic rings. The summed E-state index contributed by atoms with van der Waals surface area (Å²) in [4.78, 5) is 0. The van der Waals surface area contributed by atoms with Crippen molar-refractivity contribution >= 4 is 0 Å². The Balaban J connectivity index is 2.26. The Bertz CT molecular complexity index is 543. The van der Waals surface area contributed by atoms with Gasteiger partial charge in [0.2, 0.25) is 0 Å². The van der Waals surface area contributed by atoms with Crippen molar-refractivity contribution in [2.24, 2.45) is 0 Å². The second-order valence-electron chi connectivity index (χ2n) is 5.12. The second kappa shape index (κ2) is 6.57. The third-order valence-corrected chi connectivity index (χ3v) is 3.31. The Morgan fingerprint density at radius 2 is 1.95 bits per heavy atom. The molecule has 1 aromatic heterocycles. The second-order valence-corrected chi connectivity index (χ2v) is 5.12. The van der Waals surface area contributed by atoms with E-state index in [2.05, 4.69) is 31.2 Å². The molecule has 108 valence electrons. The van der Waals surface area contributed by atoms with Gasteiger partial charge in [0.1, 0.15) is 5.75 Å². The van der Waals surface area contributed by atoms with Crippen molar-refractivity contribution in [1.29, 1.82) is 0 Å². The van der Waals surface area contributed by atoms with E-state index in [-0.39, 0.29) is 0 Å². The summed E-state index contributed by atoms with van der Waals surface area (Å²) in [6, 6.07) is 8.46. The van der Waals surface area contributed by atoms with Crippen LogP contribution in [-0.4, -0.2) is 22.9 Å². The van der Waals surface area contributed by atoms with Crippen molar-refractivity contribution in [3.63, 3.8) is 0 Å². The maximum absolute atomic E-state index is 5.19. The predicted octanol–water partition coefficient (Wildman–Crippen LogP) is 2.94. The van der Waals surface area contributed by atoms with E-state index in [1.54, 1.807) is 7.11 Å². The fourth-order valence-corrected chi connectivity index (χ4v) is 2.19. The molecular weight excluding hydrogens is 250 g/mol. The van der Waals surface area contributed by atoms with Gasteiger partial charge in [-0.3, -0.25) is 0 Å². The van der Waals surface area contributed by atoms with Crippen LogP contribution in [0.4, 0.5) is 0 Å². The van der Waals surface area contributed by atoms with E-state index in [4.69, 9.17) is 4.74 Å². The van der Waals surface area contributed by atoms with Gasteiger partial charge < -0.3 is 10.1 Å². The zero-order valence-corrected chi connectivity index (χ0v) is 12.7. The van der Waals surface area contributed by atoms with Gasteiger partial charge in [-0.1, -0.05) is 20.8 Å². The molecule has 2 aromatic rings. The molecule has 1 heterocycles. The van der Waals surface area contributed by atoms with E-state index in [1.807, 2.05) is 35.1 Å². The number of rotatable bonds is 6. The van der Waals surface area contributed by atoms with Crippen LogP contribution in [0.1, 0.15) is 32.0 Å². The van der Waals surface area contributed by atoms with E-state index in [9.17, 15) is 0 Å². The summed E-state index contributed by atoms with van der Waals surface area (Å²) < 4.78 is 7.20. The molecule has 0 spiro atoms. The Morgan fingerprint density at radius 3 is 2.50 bits per heavy atom. The predicted molar refractivity (Wildman–Crippen MR) is 81.5 cm³/mol. The van der Waals surface area contributed by atoms with Crippen LogP contribution in [0.3, 0.4) is 0 Å². The summed E-state index contributed by atoms with van der Waals surface area (Å²) in [5, 5.41) is 7.97. The van der Waals surface area contributed by atoms with Gasteiger partial charge in [0.15, 0.2) is 0 Å². The summed E-state index contributed by atoms with van der Waals surface area (Å²) in [7, 11) is 1.68. The van der Waals surface area contributed by atoms with Gasteiger partial charge >= 0.3 is 0 Å². The third kappa shape index (κ3) is 3.20. The van der Waals surface area contributed by atoms with Gasteiger partial charge in [-0.2, -0.15) is 5.10 Å². The molecule has 0 aliphatic carbocycles. The molecule has 20 heavy (non-hydrogen) atoms. The first kappa shape index (κ1) is 14.6. The molecule has 4 nitrogen and oxygen atoms in total. The number of aromatic nitrogens is 2. The zero-order valence-electron chi connectivity index (χ0n) is 12.7. The molecule has 0 bridgehead atoms. The molecule has 0 saturated carbocycles. The van der Waals surface area contributed by atoms with Crippen LogP contribution in [-0.2, 0) is 13.0 Å². The minimum atomic E-state index is 0.476. The maximum atomic E-state index is 5.19. The maximum Gasteiger partial charge on any atom is 0.119 e. The fourth-order valence-electron chi connectivity index (χ4n) is 2.19. The number of hydrogen-bond donors (Lipinski definition) is 1. The van der Waals surface area contributed by atoms with Crippen LogP contribution in [0.15, 0.2) is 30.5 Å². The Morgan fingerprint density at radius 1 is 1.25 bits per heavy atom. The molecule has 1 aromatic carbocycles. The molecule has 0 fully saturated rings. The molecule has 0 aliphatic heterocycles. The van der Waals surface area contributed by atoms with E-state index in [0.29, 0.717) is 6.04 Å². The molecule has 2 rings (SSSR count). The highest BCUT2D eigenvalue weighted by molar-refractivity contribution is 5.39. The molecule has 0 saturated heterocycles. The fraction of sp³-hybridized carbons (Fsp3) is 0.438. The first-order chi connectivity index (χ1) is 9.65. The first-order valence-electron chi connectivity index (χ1n) is 7.09. The van der Waals surface area contributed by atoms with Crippen molar-refractivity contribution in [2.75, 3.05) is 7.11 Å². The Kier molecular flexibility index (Phi) is 4.79. The minimum absolute atomic E-state index is 0.476. The third-order valence-electron chi connectivity index (χ3n) is 3.31.